The summed E-state index contributed by atoms with van der Waals surface area (Å²) in [5, 5.41) is 4.49. The van der Waals surface area contributed by atoms with Crippen molar-refractivity contribution in [3.8, 4) is 5.75 Å². The largest absolute Gasteiger partial charge is 0.497 e. The maximum Gasteiger partial charge on any atom is 0.240 e. The Bertz CT molecular complexity index is 1140. The van der Waals surface area contributed by atoms with Crippen LogP contribution in [0.4, 0.5) is 0 Å². The van der Waals surface area contributed by atoms with Crippen LogP contribution in [0.5, 0.6) is 5.75 Å². The van der Waals surface area contributed by atoms with Crippen molar-refractivity contribution in [2.75, 3.05) is 34.3 Å². The molecule has 0 aliphatic carbocycles. The second kappa shape index (κ2) is 10.8. The number of aromatic nitrogens is 2. The molecule has 9 nitrogen and oxygen atoms in total. The highest BCUT2D eigenvalue weighted by Crippen LogP contribution is 2.41. The third kappa shape index (κ3) is 5.31. The van der Waals surface area contributed by atoms with E-state index in [0.29, 0.717) is 24.4 Å². The van der Waals surface area contributed by atoms with Crippen LogP contribution in [0.2, 0.25) is 0 Å². The molecule has 2 aromatic rings. The van der Waals surface area contributed by atoms with Gasteiger partial charge >= 0.3 is 0 Å². The van der Waals surface area contributed by atoms with Gasteiger partial charge in [0.05, 0.1) is 18.2 Å². The minimum atomic E-state index is -1.28. The molecule has 0 saturated carbocycles. The van der Waals surface area contributed by atoms with Crippen molar-refractivity contribution < 1.29 is 19.1 Å². The van der Waals surface area contributed by atoms with Crippen LogP contribution in [0, 0.1) is 13.8 Å². The second-order valence-corrected chi connectivity index (χ2v) is 10.2. The number of benzene rings is 1. The Labute approximate surface area is 214 Å². The molecule has 3 rings (SSSR count). The first kappa shape index (κ1) is 27.4. The Morgan fingerprint density at radius 3 is 2.47 bits per heavy atom. The van der Waals surface area contributed by atoms with Gasteiger partial charge in [-0.1, -0.05) is 12.1 Å². The van der Waals surface area contributed by atoms with Gasteiger partial charge in [-0.25, -0.2) is 0 Å². The van der Waals surface area contributed by atoms with Gasteiger partial charge in [-0.05, 0) is 59.5 Å². The molecule has 0 bridgehead atoms. The Hall–Kier alpha value is -3.20. The number of likely N-dealkylation sites (tertiary alicyclic amines) is 1. The van der Waals surface area contributed by atoms with Crippen molar-refractivity contribution in [3.05, 3.63) is 46.8 Å². The van der Waals surface area contributed by atoms with Crippen LogP contribution >= 0.6 is 0 Å². The Kier molecular flexibility index (Phi) is 8.23. The van der Waals surface area contributed by atoms with E-state index in [9.17, 15) is 14.4 Å². The molecule has 1 atom stereocenters. The molecule has 1 aromatic carbocycles. The standard InChI is InChI=1S/C27H39N5O4/c1-18(2)32(17-23-19(3)28-30(7)20(23)4)25(34)16-27(21-10-9-11-22(14-21)36-8)15-24(33)31(26(27)35)13-12-29(5)6/h9-11,14,18H,12-13,15-17H2,1-8H3/t27-/m1/s1. The number of amides is 3. The number of imide groups is 1. The van der Waals surface area contributed by atoms with Crippen LogP contribution in [0.15, 0.2) is 24.3 Å². The summed E-state index contributed by atoms with van der Waals surface area (Å²) >= 11 is 0. The van der Waals surface area contributed by atoms with Crippen molar-refractivity contribution in [2.24, 2.45) is 7.05 Å². The Morgan fingerprint density at radius 2 is 1.92 bits per heavy atom. The quantitative estimate of drug-likeness (QED) is 0.469. The maximum absolute atomic E-state index is 13.9. The van der Waals surface area contributed by atoms with Gasteiger partial charge in [-0.2, -0.15) is 5.10 Å². The molecule has 9 heteroatoms. The summed E-state index contributed by atoms with van der Waals surface area (Å²) < 4.78 is 7.22. The van der Waals surface area contributed by atoms with Gasteiger partial charge in [-0.15, -0.1) is 0 Å². The minimum Gasteiger partial charge on any atom is -0.497 e. The van der Waals surface area contributed by atoms with E-state index in [1.165, 1.54) is 4.90 Å². The van der Waals surface area contributed by atoms with Gasteiger partial charge < -0.3 is 14.5 Å². The molecule has 2 heterocycles. The predicted molar refractivity (Wildman–Crippen MR) is 138 cm³/mol. The molecule has 0 N–H and O–H groups in total. The fourth-order valence-electron chi connectivity index (χ4n) is 4.85. The number of ether oxygens (including phenoxy) is 1. The lowest BCUT2D eigenvalue weighted by molar-refractivity contribution is -0.143. The van der Waals surface area contributed by atoms with Crippen LogP contribution in [-0.2, 0) is 33.4 Å². The van der Waals surface area contributed by atoms with Crippen LogP contribution in [-0.4, -0.2) is 82.5 Å². The fraction of sp³-hybridized carbons (Fsp3) is 0.556. The highest BCUT2D eigenvalue weighted by molar-refractivity contribution is 6.10. The van der Waals surface area contributed by atoms with E-state index in [4.69, 9.17) is 4.74 Å². The number of hydrogen-bond acceptors (Lipinski definition) is 6. The van der Waals surface area contributed by atoms with Crippen LogP contribution in [0.25, 0.3) is 0 Å². The van der Waals surface area contributed by atoms with E-state index in [-0.39, 0.29) is 43.1 Å². The molecule has 36 heavy (non-hydrogen) atoms. The number of rotatable bonds is 10. The number of carbonyl (C=O) groups excluding carboxylic acids is 3. The molecule has 1 aromatic heterocycles. The molecule has 3 amide bonds. The monoisotopic (exact) mass is 497 g/mol. The van der Waals surface area contributed by atoms with E-state index >= 15 is 0 Å². The summed E-state index contributed by atoms with van der Waals surface area (Å²) in [5.41, 5.74) is 2.21. The topological polar surface area (TPSA) is 88.0 Å². The first-order valence-electron chi connectivity index (χ1n) is 12.3. The zero-order valence-corrected chi connectivity index (χ0v) is 22.8. The molecular formula is C27H39N5O4. The lowest BCUT2D eigenvalue weighted by atomic mass is 9.75. The molecule has 1 aliphatic heterocycles. The highest BCUT2D eigenvalue weighted by atomic mass is 16.5. The summed E-state index contributed by atoms with van der Waals surface area (Å²) in [6.45, 7) is 9.07. The third-order valence-corrected chi connectivity index (χ3v) is 7.19. The molecule has 1 saturated heterocycles. The summed E-state index contributed by atoms with van der Waals surface area (Å²) in [5.74, 6) is -0.180. The normalized spacial score (nSPS) is 18.0. The molecule has 196 valence electrons. The Balaban J connectivity index is 2.01. The molecule has 1 fully saturated rings. The van der Waals surface area contributed by atoms with Gasteiger partial charge in [0.15, 0.2) is 0 Å². The van der Waals surface area contributed by atoms with Gasteiger partial charge in [0.25, 0.3) is 0 Å². The molecule has 0 spiro atoms. The summed E-state index contributed by atoms with van der Waals surface area (Å²) in [6.07, 6.45) is -0.144. The van der Waals surface area contributed by atoms with Gasteiger partial charge in [0, 0.05) is 56.8 Å². The first-order chi connectivity index (χ1) is 16.9. The number of hydrogen-bond donors (Lipinski definition) is 0. The third-order valence-electron chi connectivity index (χ3n) is 7.19. The zero-order chi connectivity index (χ0) is 26.8. The lowest BCUT2D eigenvalue weighted by Crippen LogP contribution is -2.46. The van der Waals surface area contributed by atoms with Crippen molar-refractivity contribution in [2.45, 2.75) is 58.5 Å². The van der Waals surface area contributed by atoms with Gasteiger partial charge in [-0.3, -0.25) is 24.0 Å². The minimum absolute atomic E-state index is 0.0466. The number of aryl methyl sites for hydroxylation is 2. The maximum atomic E-state index is 13.9. The average Bonchev–Trinajstić information content (AvgIpc) is 3.20. The SMILES string of the molecule is COc1cccc([C@]2(CC(=O)N(Cc3c(C)nn(C)c3C)C(C)C)CC(=O)N(CCN(C)C)C2=O)c1. The lowest BCUT2D eigenvalue weighted by Gasteiger charge is -2.33. The Morgan fingerprint density at radius 1 is 1.22 bits per heavy atom. The first-order valence-corrected chi connectivity index (χ1v) is 12.3. The van der Waals surface area contributed by atoms with Gasteiger partial charge in [0.2, 0.25) is 17.7 Å². The fourth-order valence-corrected chi connectivity index (χ4v) is 4.85. The second-order valence-electron chi connectivity index (χ2n) is 10.2. The van der Waals surface area contributed by atoms with Gasteiger partial charge in [0.1, 0.15) is 5.75 Å². The smallest absolute Gasteiger partial charge is 0.240 e. The van der Waals surface area contributed by atoms with Crippen molar-refractivity contribution >= 4 is 17.7 Å². The zero-order valence-electron chi connectivity index (χ0n) is 22.8. The molecular weight excluding hydrogens is 458 g/mol. The van der Waals surface area contributed by atoms with E-state index in [0.717, 1.165) is 17.0 Å². The van der Waals surface area contributed by atoms with E-state index in [2.05, 4.69) is 5.10 Å². The predicted octanol–water partition coefficient (Wildman–Crippen LogP) is 2.43. The van der Waals surface area contributed by atoms with E-state index in [1.54, 1.807) is 30.2 Å². The van der Waals surface area contributed by atoms with Crippen LogP contribution < -0.4 is 4.74 Å². The highest BCUT2D eigenvalue weighted by Gasteiger charge is 2.54. The van der Waals surface area contributed by atoms with E-state index in [1.807, 2.05) is 64.5 Å². The summed E-state index contributed by atoms with van der Waals surface area (Å²) in [7, 11) is 7.23. The molecule has 1 aliphatic rings. The van der Waals surface area contributed by atoms with Crippen molar-refractivity contribution in [3.63, 3.8) is 0 Å². The van der Waals surface area contributed by atoms with E-state index < -0.39 is 5.41 Å². The molecule has 0 radical (unpaired) electrons. The molecule has 0 unspecified atom stereocenters. The number of nitrogens with zero attached hydrogens (tertiary/aromatic N) is 5. The van der Waals surface area contributed by atoms with Crippen LogP contribution in [0.1, 0.15) is 49.2 Å². The van der Waals surface area contributed by atoms with Crippen LogP contribution in [0.3, 0.4) is 0 Å². The van der Waals surface area contributed by atoms with Crippen molar-refractivity contribution in [1.82, 2.24) is 24.5 Å². The summed E-state index contributed by atoms with van der Waals surface area (Å²) in [6, 6.07) is 7.06. The summed E-state index contributed by atoms with van der Waals surface area (Å²) in [4.78, 5) is 46.0. The number of likely N-dealkylation sites (N-methyl/N-ethyl adjacent to an activating group) is 1. The average molecular weight is 498 g/mol. The van der Waals surface area contributed by atoms with Crippen molar-refractivity contribution in [1.29, 1.82) is 0 Å². The number of carbonyl (C=O) groups is 3. The number of methoxy groups -OCH3 is 1.